The first kappa shape index (κ1) is 15.4. The Kier molecular flexibility index (Phi) is 4.74. The average Bonchev–Trinajstić information content (AvgIpc) is 2.33. The molecule has 0 aromatic heterocycles. The van der Waals surface area contributed by atoms with Gasteiger partial charge in [-0.15, -0.1) is 0 Å². The Balaban J connectivity index is 2.24. The van der Waals surface area contributed by atoms with Gasteiger partial charge in [0.1, 0.15) is 0 Å². The van der Waals surface area contributed by atoms with Crippen molar-refractivity contribution >= 4 is 33.0 Å². The van der Waals surface area contributed by atoms with Crippen LogP contribution in [0.2, 0.25) is 10.0 Å². The summed E-state index contributed by atoms with van der Waals surface area (Å²) in [6.07, 6.45) is 0. The van der Waals surface area contributed by atoms with Crippen LogP contribution in [0.5, 0.6) is 0 Å². The molecule has 106 valence electrons. The van der Waals surface area contributed by atoms with Crippen molar-refractivity contribution in [3.63, 3.8) is 0 Å². The van der Waals surface area contributed by atoms with Crippen LogP contribution in [0.1, 0.15) is 16.7 Å². The summed E-state index contributed by atoms with van der Waals surface area (Å²) < 4.78 is 24.5. The predicted molar refractivity (Wildman–Crippen MR) is 84.0 cm³/mol. The lowest BCUT2D eigenvalue weighted by molar-refractivity contribution is 0.594. The normalized spacial score (nSPS) is 11.6. The highest BCUT2D eigenvalue weighted by Gasteiger charge is 2.17. The van der Waals surface area contributed by atoms with E-state index in [1.807, 2.05) is 25.1 Å². The molecule has 20 heavy (non-hydrogen) atoms. The van der Waals surface area contributed by atoms with Gasteiger partial charge in [-0.3, -0.25) is 0 Å². The maximum absolute atomic E-state index is 12.3. The molecule has 2 aromatic rings. The monoisotopic (exact) mass is 328 g/mol. The summed E-state index contributed by atoms with van der Waals surface area (Å²) in [7, 11) is -3.32. The highest BCUT2D eigenvalue weighted by molar-refractivity contribution is 7.89. The Morgan fingerprint density at radius 1 is 0.950 bits per heavy atom. The molecular weight excluding hydrogens is 315 g/mol. The van der Waals surface area contributed by atoms with Crippen LogP contribution in [-0.4, -0.2) is 8.42 Å². The molecule has 0 radical (unpaired) electrons. The van der Waals surface area contributed by atoms with Crippen molar-refractivity contribution in [2.75, 3.05) is 0 Å². The lowest BCUT2D eigenvalue weighted by Crippen LogP contribution is -2.08. The van der Waals surface area contributed by atoms with Crippen molar-refractivity contribution in [2.24, 2.45) is 0 Å². The van der Waals surface area contributed by atoms with Crippen LogP contribution in [0.3, 0.4) is 0 Å². The maximum Gasteiger partial charge on any atom is 0.158 e. The number of rotatable bonds is 4. The molecule has 0 atom stereocenters. The molecule has 0 saturated carbocycles. The van der Waals surface area contributed by atoms with Gasteiger partial charge in [-0.2, -0.15) is 0 Å². The number of hydrogen-bond donors (Lipinski definition) is 0. The molecule has 0 unspecified atom stereocenters. The molecule has 5 heteroatoms. The van der Waals surface area contributed by atoms with Crippen molar-refractivity contribution < 1.29 is 8.42 Å². The van der Waals surface area contributed by atoms with E-state index in [1.165, 1.54) is 0 Å². The van der Waals surface area contributed by atoms with Gasteiger partial charge < -0.3 is 0 Å². The van der Waals surface area contributed by atoms with Crippen LogP contribution >= 0.6 is 23.2 Å². The Labute approximate surface area is 129 Å². The Morgan fingerprint density at radius 3 is 2.15 bits per heavy atom. The first-order valence-corrected chi connectivity index (χ1v) is 8.64. The summed E-state index contributed by atoms with van der Waals surface area (Å²) in [5, 5.41) is 0.760. The molecule has 0 N–H and O–H groups in total. The summed E-state index contributed by atoms with van der Waals surface area (Å²) >= 11 is 12.0. The lowest BCUT2D eigenvalue weighted by Gasteiger charge is -2.08. The van der Waals surface area contributed by atoms with Crippen LogP contribution in [0, 0.1) is 6.92 Å². The fraction of sp³-hybridized carbons (Fsp3) is 0.200. The van der Waals surface area contributed by atoms with Gasteiger partial charge >= 0.3 is 0 Å². The van der Waals surface area contributed by atoms with E-state index in [9.17, 15) is 8.42 Å². The van der Waals surface area contributed by atoms with E-state index in [1.54, 1.807) is 24.3 Å². The number of benzene rings is 2. The van der Waals surface area contributed by atoms with Crippen molar-refractivity contribution in [1.29, 1.82) is 0 Å². The molecule has 0 bridgehead atoms. The summed E-state index contributed by atoms with van der Waals surface area (Å²) in [5.74, 6) is -0.171. The first-order valence-electron chi connectivity index (χ1n) is 6.06. The van der Waals surface area contributed by atoms with Gasteiger partial charge in [0, 0.05) is 15.6 Å². The third kappa shape index (κ3) is 3.98. The molecule has 2 nitrogen and oxygen atoms in total. The van der Waals surface area contributed by atoms with Crippen LogP contribution < -0.4 is 0 Å². The van der Waals surface area contributed by atoms with Crippen molar-refractivity contribution in [3.8, 4) is 0 Å². The number of sulfone groups is 1. The van der Waals surface area contributed by atoms with E-state index >= 15 is 0 Å². The third-order valence-corrected chi connectivity index (χ3v) is 5.10. The average molecular weight is 329 g/mol. The van der Waals surface area contributed by atoms with E-state index < -0.39 is 9.84 Å². The molecule has 0 aliphatic heterocycles. The van der Waals surface area contributed by atoms with Gasteiger partial charge in [-0.05, 0) is 24.6 Å². The Bertz CT molecular complexity index is 704. The second-order valence-electron chi connectivity index (χ2n) is 4.72. The Morgan fingerprint density at radius 2 is 1.55 bits per heavy atom. The lowest BCUT2D eigenvalue weighted by atomic mass is 10.2. The molecule has 2 rings (SSSR count). The van der Waals surface area contributed by atoms with Gasteiger partial charge in [0.25, 0.3) is 0 Å². The molecule has 2 aromatic carbocycles. The smallest absolute Gasteiger partial charge is 0.158 e. The molecule has 0 heterocycles. The topological polar surface area (TPSA) is 34.1 Å². The van der Waals surface area contributed by atoms with Crippen LogP contribution in [0.15, 0.2) is 42.5 Å². The van der Waals surface area contributed by atoms with Gasteiger partial charge in [-0.25, -0.2) is 8.42 Å². The molecular formula is C15H14Cl2O2S. The van der Waals surface area contributed by atoms with Crippen molar-refractivity contribution in [2.45, 2.75) is 18.4 Å². The van der Waals surface area contributed by atoms with E-state index in [-0.39, 0.29) is 11.5 Å². The molecule has 0 aliphatic rings. The molecule has 0 saturated heterocycles. The number of halogens is 2. The quantitative estimate of drug-likeness (QED) is 0.832. The fourth-order valence-electron chi connectivity index (χ4n) is 2.00. The minimum absolute atomic E-state index is 0.0176. The summed E-state index contributed by atoms with van der Waals surface area (Å²) in [5.41, 5.74) is 2.27. The minimum Gasteiger partial charge on any atom is -0.228 e. The summed E-state index contributed by atoms with van der Waals surface area (Å²) in [4.78, 5) is 0. The fourth-order valence-corrected chi connectivity index (χ4v) is 4.23. The van der Waals surface area contributed by atoms with E-state index in [0.29, 0.717) is 15.6 Å². The van der Waals surface area contributed by atoms with E-state index in [4.69, 9.17) is 23.2 Å². The van der Waals surface area contributed by atoms with Crippen molar-refractivity contribution in [1.82, 2.24) is 0 Å². The maximum atomic E-state index is 12.3. The Hall–Kier alpha value is -1.03. The molecule has 0 aliphatic carbocycles. The summed E-state index contributed by atoms with van der Waals surface area (Å²) in [6, 6.07) is 12.4. The zero-order valence-corrected chi connectivity index (χ0v) is 13.3. The highest BCUT2D eigenvalue weighted by atomic mass is 35.5. The largest absolute Gasteiger partial charge is 0.228 e. The second-order valence-corrected chi connectivity index (χ2v) is 7.60. The minimum atomic E-state index is -3.32. The number of hydrogen-bond acceptors (Lipinski definition) is 2. The van der Waals surface area contributed by atoms with E-state index in [2.05, 4.69) is 0 Å². The molecule has 0 amide bonds. The van der Waals surface area contributed by atoms with Crippen LogP contribution in [0.25, 0.3) is 0 Å². The third-order valence-electron chi connectivity index (χ3n) is 2.90. The second kappa shape index (κ2) is 6.17. The highest BCUT2D eigenvalue weighted by Crippen LogP contribution is 2.27. The van der Waals surface area contributed by atoms with Crippen molar-refractivity contribution in [3.05, 3.63) is 69.2 Å². The number of aryl methyl sites for hydroxylation is 1. The van der Waals surface area contributed by atoms with Gasteiger partial charge in [-0.1, -0.05) is 59.1 Å². The van der Waals surface area contributed by atoms with Gasteiger partial charge in [0.15, 0.2) is 9.84 Å². The zero-order chi connectivity index (χ0) is 14.8. The van der Waals surface area contributed by atoms with Gasteiger partial charge in [0.2, 0.25) is 0 Å². The van der Waals surface area contributed by atoms with Gasteiger partial charge in [0.05, 0.1) is 11.5 Å². The summed E-state index contributed by atoms with van der Waals surface area (Å²) in [6.45, 7) is 1.93. The predicted octanol–water partition coefficient (Wildman–Crippen LogP) is 4.42. The first-order chi connectivity index (χ1) is 9.37. The van der Waals surface area contributed by atoms with E-state index in [0.717, 1.165) is 11.1 Å². The van der Waals surface area contributed by atoms with Crippen LogP contribution in [-0.2, 0) is 21.3 Å². The molecule has 0 spiro atoms. The standard InChI is InChI=1S/C15H14Cl2O2S/c1-11-4-2-5-12(8-11)9-20(18,19)10-13-14(16)6-3-7-15(13)17/h2-8H,9-10H2,1H3. The SMILES string of the molecule is Cc1cccc(CS(=O)(=O)Cc2c(Cl)cccc2Cl)c1. The van der Waals surface area contributed by atoms with Crippen LogP contribution in [0.4, 0.5) is 0 Å². The molecule has 0 fully saturated rings. The zero-order valence-electron chi connectivity index (χ0n) is 10.9.